The Morgan fingerprint density at radius 1 is 0.676 bits per heavy atom. The minimum atomic E-state index is -0.662. The van der Waals surface area contributed by atoms with Crippen LogP contribution in [0.4, 0.5) is 0 Å². The van der Waals surface area contributed by atoms with E-state index in [4.69, 9.17) is 11.6 Å². The third kappa shape index (κ3) is 8.06. The standard InChI is InChI=1S/C32H31ClN2O2/c33-29-19-16-28(17-20-29)24-35(31(36)21-18-25-10-4-1-5-11-25)30(22-26-12-6-2-7-13-26)32(37)34-23-27-14-8-3-9-15-27/h1-17,19-20,30H,18,21-24H2,(H,34,37)/t30-/m0/s1. The van der Waals surface area contributed by atoms with Crippen LogP contribution in [0.2, 0.25) is 5.02 Å². The summed E-state index contributed by atoms with van der Waals surface area (Å²) in [6.07, 6.45) is 1.35. The van der Waals surface area contributed by atoms with Crippen LogP contribution in [-0.2, 0) is 35.5 Å². The second-order valence-electron chi connectivity index (χ2n) is 9.04. The molecule has 0 spiro atoms. The fourth-order valence-electron chi connectivity index (χ4n) is 4.28. The van der Waals surface area contributed by atoms with Crippen LogP contribution in [0.3, 0.4) is 0 Å². The smallest absolute Gasteiger partial charge is 0.243 e. The first kappa shape index (κ1) is 26.2. The van der Waals surface area contributed by atoms with Crippen LogP contribution in [0, 0.1) is 0 Å². The van der Waals surface area contributed by atoms with Crippen LogP contribution in [0.5, 0.6) is 0 Å². The SMILES string of the molecule is O=C(NCc1ccccc1)[C@H](Cc1ccccc1)N(Cc1ccc(Cl)cc1)C(=O)CCc1ccccc1. The largest absolute Gasteiger partial charge is 0.350 e. The molecule has 1 N–H and O–H groups in total. The molecule has 5 heteroatoms. The van der Waals surface area contributed by atoms with Gasteiger partial charge in [-0.2, -0.15) is 0 Å². The van der Waals surface area contributed by atoms with Gasteiger partial charge in [0.2, 0.25) is 11.8 Å². The second-order valence-corrected chi connectivity index (χ2v) is 9.48. The molecule has 0 saturated heterocycles. The van der Waals surface area contributed by atoms with E-state index < -0.39 is 6.04 Å². The van der Waals surface area contributed by atoms with E-state index >= 15 is 0 Å². The first-order valence-corrected chi connectivity index (χ1v) is 12.9. The number of hydrogen-bond acceptors (Lipinski definition) is 2. The van der Waals surface area contributed by atoms with Gasteiger partial charge >= 0.3 is 0 Å². The molecule has 0 aliphatic rings. The highest BCUT2D eigenvalue weighted by atomic mass is 35.5. The monoisotopic (exact) mass is 510 g/mol. The van der Waals surface area contributed by atoms with E-state index in [1.54, 1.807) is 4.90 Å². The zero-order valence-electron chi connectivity index (χ0n) is 20.7. The molecule has 0 saturated carbocycles. The van der Waals surface area contributed by atoms with Crippen LogP contribution in [-0.4, -0.2) is 22.8 Å². The molecule has 0 radical (unpaired) electrons. The van der Waals surface area contributed by atoms with Gasteiger partial charge < -0.3 is 10.2 Å². The third-order valence-corrected chi connectivity index (χ3v) is 6.57. The maximum absolute atomic E-state index is 13.7. The van der Waals surface area contributed by atoms with Crippen molar-refractivity contribution >= 4 is 23.4 Å². The minimum Gasteiger partial charge on any atom is -0.350 e. The average molecular weight is 511 g/mol. The molecular formula is C32H31ClN2O2. The quantitative estimate of drug-likeness (QED) is 0.260. The summed E-state index contributed by atoms with van der Waals surface area (Å²) in [6.45, 7) is 0.721. The zero-order chi connectivity index (χ0) is 25.9. The predicted molar refractivity (Wildman–Crippen MR) is 149 cm³/mol. The van der Waals surface area contributed by atoms with Crippen molar-refractivity contribution in [3.63, 3.8) is 0 Å². The summed E-state index contributed by atoms with van der Waals surface area (Å²) < 4.78 is 0. The Morgan fingerprint density at radius 2 is 1.22 bits per heavy atom. The van der Waals surface area contributed by atoms with E-state index in [1.165, 1.54) is 0 Å². The zero-order valence-corrected chi connectivity index (χ0v) is 21.5. The number of nitrogens with one attached hydrogen (secondary N) is 1. The van der Waals surface area contributed by atoms with E-state index in [0.29, 0.717) is 37.4 Å². The topological polar surface area (TPSA) is 49.4 Å². The maximum Gasteiger partial charge on any atom is 0.243 e. The Morgan fingerprint density at radius 3 is 1.81 bits per heavy atom. The van der Waals surface area contributed by atoms with E-state index in [-0.39, 0.29) is 11.8 Å². The van der Waals surface area contributed by atoms with E-state index in [2.05, 4.69) is 5.32 Å². The Kier molecular flexibility index (Phi) is 9.50. The lowest BCUT2D eigenvalue weighted by Gasteiger charge is -2.32. The van der Waals surface area contributed by atoms with Crippen molar-refractivity contribution in [2.45, 2.75) is 38.4 Å². The fourth-order valence-corrected chi connectivity index (χ4v) is 4.41. The highest BCUT2D eigenvalue weighted by Gasteiger charge is 2.30. The summed E-state index contributed by atoms with van der Waals surface area (Å²) in [5.41, 5.74) is 4.02. The van der Waals surface area contributed by atoms with Crippen molar-refractivity contribution in [2.75, 3.05) is 0 Å². The first-order chi connectivity index (χ1) is 18.1. The molecule has 37 heavy (non-hydrogen) atoms. The maximum atomic E-state index is 13.7. The van der Waals surface area contributed by atoms with Crippen molar-refractivity contribution in [1.29, 1.82) is 0 Å². The molecule has 4 rings (SSSR count). The Bertz CT molecular complexity index is 1260. The molecule has 4 aromatic rings. The van der Waals surface area contributed by atoms with Crippen LogP contribution in [0.15, 0.2) is 115 Å². The number of carbonyl (C=O) groups is 2. The van der Waals surface area contributed by atoms with Crippen molar-refractivity contribution in [2.24, 2.45) is 0 Å². The number of carbonyl (C=O) groups excluding carboxylic acids is 2. The number of halogens is 1. The van der Waals surface area contributed by atoms with Crippen LogP contribution in [0.1, 0.15) is 28.7 Å². The minimum absolute atomic E-state index is 0.0606. The summed E-state index contributed by atoms with van der Waals surface area (Å²) in [6, 6.07) is 36.3. The number of amides is 2. The lowest BCUT2D eigenvalue weighted by molar-refractivity contribution is -0.141. The van der Waals surface area contributed by atoms with Crippen molar-refractivity contribution < 1.29 is 9.59 Å². The molecule has 0 aromatic heterocycles. The number of aryl methyl sites for hydroxylation is 1. The summed E-state index contributed by atoms with van der Waals surface area (Å²) in [4.78, 5) is 29.1. The number of nitrogens with zero attached hydrogens (tertiary/aromatic N) is 1. The lowest BCUT2D eigenvalue weighted by Crippen LogP contribution is -2.50. The third-order valence-electron chi connectivity index (χ3n) is 6.32. The van der Waals surface area contributed by atoms with Gasteiger partial charge in [0.15, 0.2) is 0 Å². The molecule has 1 atom stereocenters. The van der Waals surface area contributed by atoms with E-state index in [1.807, 2.05) is 115 Å². The fraction of sp³-hybridized carbons (Fsp3) is 0.188. The molecule has 4 aromatic carbocycles. The van der Waals surface area contributed by atoms with E-state index in [0.717, 1.165) is 22.3 Å². The summed E-state index contributed by atoms with van der Waals surface area (Å²) in [5.74, 6) is -0.232. The van der Waals surface area contributed by atoms with E-state index in [9.17, 15) is 9.59 Å². The van der Waals surface area contributed by atoms with Crippen molar-refractivity contribution in [3.8, 4) is 0 Å². The van der Waals surface area contributed by atoms with Gasteiger partial charge in [-0.25, -0.2) is 0 Å². The summed E-state index contributed by atoms with van der Waals surface area (Å²) >= 11 is 6.10. The van der Waals surface area contributed by atoms with Gasteiger partial charge in [0.1, 0.15) is 6.04 Å². The lowest BCUT2D eigenvalue weighted by atomic mass is 10.0. The van der Waals surface area contributed by atoms with Crippen molar-refractivity contribution in [3.05, 3.63) is 143 Å². The van der Waals surface area contributed by atoms with Gasteiger partial charge in [-0.15, -0.1) is 0 Å². The molecule has 0 bridgehead atoms. The van der Waals surface area contributed by atoms with Gasteiger partial charge in [-0.3, -0.25) is 9.59 Å². The van der Waals surface area contributed by atoms with Crippen molar-refractivity contribution in [1.82, 2.24) is 10.2 Å². The average Bonchev–Trinajstić information content (AvgIpc) is 2.95. The summed E-state index contributed by atoms with van der Waals surface area (Å²) in [7, 11) is 0. The molecule has 4 nitrogen and oxygen atoms in total. The van der Waals surface area contributed by atoms with Gasteiger partial charge in [-0.05, 0) is 40.8 Å². The number of rotatable bonds is 11. The highest BCUT2D eigenvalue weighted by Crippen LogP contribution is 2.18. The normalized spacial score (nSPS) is 11.5. The molecule has 0 unspecified atom stereocenters. The molecular weight excluding hydrogens is 480 g/mol. The van der Waals surface area contributed by atoms with Crippen LogP contribution in [0.25, 0.3) is 0 Å². The molecule has 0 fully saturated rings. The van der Waals surface area contributed by atoms with Crippen LogP contribution < -0.4 is 5.32 Å². The Hall–Kier alpha value is -3.89. The molecule has 0 heterocycles. The summed E-state index contributed by atoms with van der Waals surface area (Å²) in [5, 5.41) is 3.70. The Labute approximate surface area is 223 Å². The molecule has 2 amide bonds. The second kappa shape index (κ2) is 13.4. The first-order valence-electron chi connectivity index (χ1n) is 12.5. The molecule has 0 aliphatic heterocycles. The number of hydrogen-bond donors (Lipinski definition) is 1. The van der Waals surface area contributed by atoms with Gasteiger partial charge in [0.25, 0.3) is 0 Å². The predicted octanol–water partition coefficient (Wildman–Crippen LogP) is 6.23. The highest BCUT2D eigenvalue weighted by molar-refractivity contribution is 6.30. The van der Waals surface area contributed by atoms with Crippen LogP contribution >= 0.6 is 11.6 Å². The van der Waals surface area contributed by atoms with Gasteiger partial charge in [0.05, 0.1) is 0 Å². The van der Waals surface area contributed by atoms with Gasteiger partial charge in [-0.1, -0.05) is 115 Å². The number of benzene rings is 4. The Balaban J connectivity index is 1.60. The molecule has 188 valence electrons. The molecule has 0 aliphatic carbocycles. The van der Waals surface area contributed by atoms with Gasteiger partial charge in [0, 0.05) is 31.0 Å².